The van der Waals surface area contributed by atoms with Crippen LogP contribution >= 0.6 is 11.8 Å². The fraction of sp³-hybridized carbons (Fsp3) is 0.696. The van der Waals surface area contributed by atoms with Gasteiger partial charge < -0.3 is 120 Å². The number of aliphatic hydroxyl groups excluding tert-OH is 7. The van der Waals surface area contributed by atoms with Crippen molar-refractivity contribution >= 4 is 83.2 Å². The minimum atomic E-state index is -2.36. The number of nitrogens with two attached hydrogens (primary N) is 2. The summed E-state index contributed by atoms with van der Waals surface area (Å²) in [6, 6.07) is -2.53. The van der Waals surface area contributed by atoms with Crippen LogP contribution in [0.1, 0.15) is 181 Å². The summed E-state index contributed by atoms with van der Waals surface area (Å²) in [4.78, 5) is 171. The highest BCUT2D eigenvalue weighted by molar-refractivity contribution is 7.98. The smallest absolute Gasteiger partial charge is 0.248 e. The van der Waals surface area contributed by atoms with Crippen molar-refractivity contribution in [2.75, 3.05) is 51.3 Å². The summed E-state index contributed by atoms with van der Waals surface area (Å²) < 4.78 is 6.07. The monoisotopic (exact) mass is 1640 g/mol. The Balaban J connectivity index is 1.41. The lowest BCUT2D eigenvalue weighted by molar-refractivity contribution is -0.150. The Hall–Kier alpha value is -8.17. The molecule has 2 aromatic rings. The van der Waals surface area contributed by atoms with Crippen molar-refractivity contribution in [2.45, 2.75) is 279 Å². The summed E-state index contributed by atoms with van der Waals surface area (Å²) in [6.07, 6.45) is -5.88. The van der Waals surface area contributed by atoms with Crippen LogP contribution in [0.2, 0.25) is 0 Å². The van der Waals surface area contributed by atoms with Gasteiger partial charge in [0.1, 0.15) is 78.4 Å². The number of ether oxygens (including phenoxy) is 1. The number of aromatic hydroxyl groups is 1. The Bertz CT molecular complexity index is 3410. The van der Waals surface area contributed by atoms with Crippen molar-refractivity contribution in [2.24, 2.45) is 29.2 Å². The third kappa shape index (κ3) is 32.0. The number of nitrogens with zero attached hydrogens (tertiary/aromatic N) is 2. The van der Waals surface area contributed by atoms with Gasteiger partial charge in [-0.15, -0.1) is 0 Å². The van der Waals surface area contributed by atoms with E-state index in [2.05, 4.69) is 73.9 Å². The highest BCUT2D eigenvalue weighted by Gasteiger charge is 2.49. The summed E-state index contributed by atoms with van der Waals surface area (Å²) in [5.41, 5.74) is 12.8. The van der Waals surface area contributed by atoms with Gasteiger partial charge in [0.25, 0.3) is 0 Å². The Labute approximate surface area is 677 Å². The zero-order chi connectivity index (χ0) is 85.0. The maximum atomic E-state index is 15.0. The summed E-state index contributed by atoms with van der Waals surface area (Å²) in [6.45, 7) is 9.34. The SMILES string of the molecule is CC[C@H](C)C[C@H](C)CCCCCCCCC(=O)N[C@H]1C[C@@H](O)[C@@H](OCCNC(=O)[C@@H](N)CCCCNC(=O)[C@H](Cc2ccccc2)NC(=O)[C@H](CC(C)C)NC(=O)[C@H](CCSC)NC=O)NC(=O)[C@@H]2[C@@H](O)CCN2C(=O)[C@H]([C@H](O)CCN)NC(=O)[C@H]([C@H](O)[C@@H](O)c2ccc(O)cc2)NC(=O)[C@@H]2C[C@@H](O)CN2C(=O)[C@H]([C@@H](C)O)NC1=O. The summed E-state index contributed by atoms with van der Waals surface area (Å²) in [7, 11) is 0. The molecule has 0 aliphatic carbocycles. The van der Waals surface area contributed by atoms with Gasteiger partial charge in [-0.05, 0) is 124 Å². The minimum Gasteiger partial charge on any atom is -0.508 e. The normalized spacial score (nSPS) is 23.9. The molecule has 0 saturated carbocycles. The first kappa shape index (κ1) is 97.4. The number of rotatable bonds is 44. The number of fused-ring (bicyclic) bond motifs is 2. The summed E-state index contributed by atoms with van der Waals surface area (Å²) in [5.74, 6) is -9.16. The molecule has 5 rings (SSSR count). The Morgan fingerprint density at radius 2 is 1.28 bits per heavy atom. The van der Waals surface area contributed by atoms with Crippen LogP contribution in [-0.4, -0.2) is 277 Å². The second-order valence-electron chi connectivity index (χ2n) is 31.1. The van der Waals surface area contributed by atoms with Crippen LogP contribution in [0, 0.1) is 17.8 Å². The average Bonchev–Trinajstić information content (AvgIpc) is 1.73. The fourth-order valence-corrected chi connectivity index (χ4v) is 14.8. The van der Waals surface area contributed by atoms with Gasteiger partial charge >= 0.3 is 0 Å². The molecule has 0 bridgehead atoms. The van der Waals surface area contributed by atoms with Crippen LogP contribution in [0.3, 0.4) is 0 Å². The molecule has 35 nitrogen and oxygen atoms in total. The van der Waals surface area contributed by atoms with Crippen LogP contribution in [-0.2, 0) is 68.7 Å². The minimum absolute atomic E-state index is 0.0603. The third-order valence-electron chi connectivity index (χ3n) is 21.1. The zero-order valence-corrected chi connectivity index (χ0v) is 68.1. The van der Waals surface area contributed by atoms with Crippen LogP contribution < -0.4 is 64.6 Å². The van der Waals surface area contributed by atoms with E-state index >= 15 is 0 Å². The number of amides is 12. The van der Waals surface area contributed by atoms with Gasteiger partial charge in [-0.25, -0.2) is 0 Å². The molecule has 0 spiro atoms. The molecule has 3 saturated heterocycles. The standard InChI is InChI=1S/C79H128N14O21S/c1-8-46(4)39-47(5)20-14-11-9-10-12-17-24-62(101)85-57-42-61(100)77(114-36-34-83-69(104)53(81)23-18-19-33-82-70(105)56(40-49-21-15-13-16-22-49)87-72(107)55(38-45(2)3)86-71(106)54(84-44-94)31-37-115-7)91-76(111)66-60(99)30-35-92(66)79(113)64(59(98)29-32-80)89-75(110)65(68(103)67(102)50-25-27-51(96)28-26-50)90-74(109)58-41-52(97)43-93(58)78(112)63(48(6)95)88-73(57)108/h13,15-16,21-22,25-28,44-48,52-61,63-68,77,95-100,102-103H,8-12,14,17-20,23-24,29-43,80-81H2,1-7H3,(H,82,105)(H,83,104)(H,84,94)(H,85,101)(H,86,106)(H,87,107)(H,88,108)(H,89,110)(H,90,109)(H,91,111)/t46-,47+,48+,52+,53-,54-,55-,56-,57-,58-,59+,60-,61+,63-,64-,65-,66-,67-,68-,77+/m0/s1. The molecule has 2 aromatic carbocycles. The average molecular weight is 1640 g/mol. The van der Waals surface area contributed by atoms with E-state index in [4.69, 9.17) is 16.2 Å². The zero-order valence-electron chi connectivity index (χ0n) is 67.3. The van der Waals surface area contributed by atoms with E-state index in [1.54, 1.807) is 30.3 Å². The Morgan fingerprint density at radius 3 is 1.93 bits per heavy atom. The number of hydrogen-bond donors (Lipinski definition) is 20. The Kier molecular flexibility index (Phi) is 42.7. The molecule has 12 amide bonds. The van der Waals surface area contributed by atoms with Gasteiger partial charge in [-0.1, -0.05) is 122 Å². The predicted octanol–water partition coefficient (Wildman–Crippen LogP) is -1.99. The lowest BCUT2D eigenvalue weighted by Gasteiger charge is -2.35. The second-order valence-corrected chi connectivity index (χ2v) is 32.1. The number of carbonyl (C=O) groups excluding carboxylic acids is 12. The number of nitrogens with one attached hydrogen (secondary N) is 10. The maximum absolute atomic E-state index is 15.0. The first-order valence-electron chi connectivity index (χ1n) is 40.4. The van der Waals surface area contributed by atoms with Gasteiger partial charge in [0, 0.05) is 51.9 Å². The second kappa shape index (κ2) is 50.5. The van der Waals surface area contributed by atoms with Crippen molar-refractivity contribution in [1.29, 1.82) is 0 Å². The molecule has 0 aromatic heterocycles. The van der Waals surface area contributed by atoms with Crippen LogP contribution in [0.5, 0.6) is 5.75 Å². The lowest BCUT2D eigenvalue weighted by Crippen LogP contribution is -2.64. The largest absolute Gasteiger partial charge is 0.508 e. The highest BCUT2D eigenvalue weighted by Crippen LogP contribution is 2.28. The van der Waals surface area contributed by atoms with E-state index in [9.17, 15) is 98.4 Å². The summed E-state index contributed by atoms with van der Waals surface area (Å²) in [5, 5.41) is 117. The molecule has 20 atom stereocenters. The van der Waals surface area contributed by atoms with E-state index in [1.165, 1.54) is 23.9 Å². The van der Waals surface area contributed by atoms with Crippen molar-refractivity contribution in [1.82, 2.24) is 63.0 Å². The first-order chi connectivity index (χ1) is 54.7. The van der Waals surface area contributed by atoms with Gasteiger partial charge in [0.05, 0.1) is 37.1 Å². The molecular weight excluding hydrogens is 1510 g/mol. The van der Waals surface area contributed by atoms with Gasteiger partial charge in [0.15, 0.2) is 6.23 Å². The Morgan fingerprint density at radius 1 is 0.652 bits per heavy atom. The van der Waals surface area contributed by atoms with Crippen molar-refractivity contribution < 1.29 is 103 Å². The molecule has 646 valence electrons. The number of unbranched alkanes of at least 4 members (excludes halogenated alkanes) is 6. The fourth-order valence-electron chi connectivity index (χ4n) is 14.3. The predicted molar refractivity (Wildman–Crippen MR) is 426 cm³/mol. The molecule has 36 heteroatoms. The number of aliphatic hydroxyl groups is 7. The van der Waals surface area contributed by atoms with Gasteiger partial charge in [-0.3, -0.25) is 57.5 Å². The number of phenols is 1. The molecule has 3 heterocycles. The lowest BCUT2D eigenvalue weighted by atomic mass is 9.91. The number of benzene rings is 2. The van der Waals surface area contributed by atoms with Gasteiger partial charge in [-0.2, -0.15) is 11.8 Å². The third-order valence-corrected chi connectivity index (χ3v) is 21.7. The van der Waals surface area contributed by atoms with E-state index < -0.39 is 213 Å². The van der Waals surface area contributed by atoms with Crippen LogP contribution in [0.15, 0.2) is 54.6 Å². The van der Waals surface area contributed by atoms with E-state index in [-0.39, 0.29) is 69.0 Å². The van der Waals surface area contributed by atoms with Crippen LogP contribution in [0.4, 0.5) is 0 Å². The molecule has 0 unspecified atom stereocenters. The number of phenolic OH excluding ortho intramolecular Hbond substituents is 1. The maximum Gasteiger partial charge on any atom is 0.248 e. The first-order valence-corrected chi connectivity index (χ1v) is 41.8. The quantitative estimate of drug-likeness (QED) is 0.0252. The number of carbonyl (C=O) groups is 12. The molecule has 3 aliphatic heterocycles. The van der Waals surface area contributed by atoms with Crippen molar-refractivity contribution in [3.63, 3.8) is 0 Å². The topological polar surface area (TPSA) is 555 Å². The number of thioether (sulfide) groups is 1. The molecule has 0 radical (unpaired) electrons. The van der Waals surface area contributed by atoms with Crippen molar-refractivity contribution in [3.8, 4) is 5.75 Å². The molecule has 22 N–H and O–H groups in total. The molecule has 115 heavy (non-hydrogen) atoms. The molecular formula is C79H128N14O21S. The highest BCUT2D eigenvalue weighted by atomic mass is 32.2. The van der Waals surface area contributed by atoms with E-state index in [1.807, 2.05) is 20.1 Å². The van der Waals surface area contributed by atoms with E-state index in [0.717, 1.165) is 79.4 Å². The van der Waals surface area contributed by atoms with Crippen molar-refractivity contribution in [3.05, 3.63) is 65.7 Å². The van der Waals surface area contributed by atoms with Crippen LogP contribution in [0.25, 0.3) is 0 Å². The molecule has 3 aliphatic rings. The van der Waals surface area contributed by atoms with Gasteiger partial charge in [0.2, 0.25) is 71.4 Å². The van der Waals surface area contributed by atoms with E-state index in [0.29, 0.717) is 56.1 Å². The molecule has 3 fully saturated rings. The number of hydrogen-bond acceptors (Lipinski definition) is 24. The summed E-state index contributed by atoms with van der Waals surface area (Å²) >= 11 is 1.48.